The van der Waals surface area contributed by atoms with Crippen molar-refractivity contribution in [2.24, 2.45) is 0 Å². The third-order valence-electron chi connectivity index (χ3n) is 5.45. The van der Waals surface area contributed by atoms with Crippen LogP contribution >= 0.6 is 0 Å². The van der Waals surface area contributed by atoms with Gasteiger partial charge in [-0.2, -0.15) is 4.98 Å². The Hall–Kier alpha value is -3.73. The van der Waals surface area contributed by atoms with Gasteiger partial charge in [0.2, 0.25) is 11.9 Å². The molecular formula is C25H29N5O5. The molecule has 3 aromatic rings. The van der Waals surface area contributed by atoms with Gasteiger partial charge in [0.05, 0.1) is 33.1 Å². The first kappa shape index (κ1) is 24.4. The van der Waals surface area contributed by atoms with Crippen molar-refractivity contribution >= 4 is 23.4 Å². The van der Waals surface area contributed by atoms with Crippen molar-refractivity contribution in [3.05, 3.63) is 82.1 Å². The number of carbonyl (C=O) groups is 1. The maximum absolute atomic E-state index is 12.6. The Morgan fingerprint density at radius 3 is 2.14 bits per heavy atom. The Kier molecular flexibility index (Phi) is 8.09. The predicted octanol–water partition coefficient (Wildman–Crippen LogP) is 2.45. The molecule has 10 nitrogen and oxygen atoms in total. The van der Waals surface area contributed by atoms with Gasteiger partial charge in [-0.1, -0.05) is 60.7 Å². The van der Waals surface area contributed by atoms with E-state index in [1.54, 1.807) is 4.90 Å². The lowest BCUT2D eigenvalue weighted by atomic mass is 10.2. The van der Waals surface area contributed by atoms with E-state index in [9.17, 15) is 9.59 Å². The number of carbonyl (C=O) groups excluding carboxylic acids is 1. The number of ether oxygens (including phenoxy) is 3. The summed E-state index contributed by atoms with van der Waals surface area (Å²) in [5, 5.41) is 2.97. The highest BCUT2D eigenvalue weighted by molar-refractivity contribution is 5.82. The van der Waals surface area contributed by atoms with Crippen LogP contribution in [-0.2, 0) is 27.4 Å². The smallest absolute Gasteiger partial charge is 0.287 e. The second kappa shape index (κ2) is 11.6. The molecule has 184 valence electrons. The largest absolute Gasteiger partial charge is 0.374 e. The minimum Gasteiger partial charge on any atom is -0.374 e. The van der Waals surface area contributed by atoms with E-state index in [0.717, 1.165) is 15.7 Å². The number of rotatable bonds is 11. The molecule has 10 heteroatoms. The fourth-order valence-corrected chi connectivity index (χ4v) is 3.67. The van der Waals surface area contributed by atoms with E-state index in [-0.39, 0.29) is 24.5 Å². The van der Waals surface area contributed by atoms with E-state index in [1.807, 2.05) is 60.7 Å². The summed E-state index contributed by atoms with van der Waals surface area (Å²) in [4.78, 5) is 30.3. The number of aromatic nitrogens is 2. The number of benzene rings is 2. The Morgan fingerprint density at radius 2 is 1.60 bits per heavy atom. The van der Waals surface area contributed by atoms with E-state index in [1.165, 1.54) is 6.92 Å². The van der Waals surface area contributed by atoms with Crippen molar-refractivity contribution in [2.75, 3.05) is 42.6 Å². The van der Waals surface area contributed by atoms with Crippen LogP contribution in [0.25, 0.3) is 0 Å². The average Bonchev–Trinajstić information content (AvgIpc) is 3.26. The van der Waals surface area contributed by atoms with Gasteiger partial charge in [-0.15, -0.1) is 0 Å². The summed E-state index contributed by atoms with van der Waals surface area (Å²) in [6.45, 7) is 3.23. The highest BCUT2D eigenvalue weighted by Crippen LogP contribution is 2.26. The third-order valence-corrected chi connectivity index (χ3v) is 5.45. The summed E-state index contributed by atoms with van der Waals surface area (Å²) >= 11 is 0. The third kappa shape index (κ3) is 6.24. The molecule has 0 atom stereocenters. The van der Waals surface area contributed by atoms with E-state index in [2.05, 4.69) is 10.3 Å². The van der Waals surface area contributed by atoms with Crippen molar-refractivity contribution in [1.82, 2.24) is 9.55 Å². The number of nitrogens with zero attached hydrogens (tertiary/aromatic N) is 3. The summed E-state index contributed by atoms with van der Waals surface area (Å²) in [5.41, 5.74) is 7.67. The standard InChI is InChI=1S/C25H29N5O5/c1-18(31)30-24(32)22-23(28-25(30)26)29(16-27-22)17-35-21(14-33-12-19-8-4-2-5-9-19)15-34-13-20-10-6-3-7-11-20/h2-11,21,27H,12-17H2,1H3,(H2,26,28). The fourth-order valence-electron chi connectivity index (χ4n) is 3.67. The first-order valence-electron chi connectivity index (χ1n) is 11.3. The molecule has 0 radical (unpaired) electrons. The molecule has 0 amide bonds. The van der Waals surface area contributed by atoms with Crippen LogP contribution in [0, 0.1) is 0 Å². The molecule has 2 aromatic carbocycles. The number of hydrogen-bond donors (Lipinski definition) is 2. The molecule has 1 aromatic heterocycles. The monoisotopic (exact) mass is 479 g/mol. The molecule has 0 aliphatic carbocycles. The lowest BCUT2D eigenvalue weighted by Gasteiger charge is -2.23. The maximum atomic E-state index is 12.6. The van der Waals surface area contributed by atoms with Gasteiger partial charge in [-0.05, 0) is 11.1 Å². The van der Waals surface area contributed by atoms with Crippen molar-refractivity contribution in [3.8, 4) is 0 Å². The van der Waals surface area contributed by atoms with Gasteiger partial charge < -0.3 is 30.2 Å². The van der Waals surface area contributed by atoms with Crippen molar-refractivity contribution < 1.29 is 19.0 Å². The number of nitrogen functional groups attached to an aromatic ring is 1. The molecule has 35 heavy (non-hydrogen) atoms. The number of anilines is 3. The van der Waals surface area contributed by atoms with E-state index in [4.69, 9.17) is 19.9 Å². The average molecular weight is 480 g/mol. The lowest BCUT2D eigenvalue weighted by molar-refractivity contribution is -0.0659. The van der Waals surface area contributed by atoms with Gasteiger partial charge in [-0.25, -0.2) is 4.57 Å². The normalized spacial score (nSPS) is 12.6. The number of nitrogens with two attached hydrogens (primary N) is 1. The minimum atomic E-state index is -0.531. The molecule has 0 saturated carbocycles. The quantitative estimate of drug-likeness (QED) is 0.427. The number of fused-ring (bicyclic) bond motifs is 1. The van der Waals surface area contributed by atoms with Crippen LogP contribution in [0.15, 0.2) is 65.5 Å². The Morgan fingerprint density at radius 1 is 1.03 bits per heavy atom. The zero-order valence-corrected chi connectivity index (χ0v) is 19.6. The van der Waals surface area contributed by atoms with Gasteiger partial charge in [-0.3, -0.25) is 9.59 Å². The molecule has 1 aliphatic heterocycles. The lowest BCUT2D eigenvalue weighted by Crippen LogP contribution is -2.34. The van der Waals surface area contributed by atoms with E-state index in [0.29, 0.717) is 38.9 Å². The van der Waals surface area contributed by atoms with E-state index >= 15 is 0 Å². The number of nitrogens with one attached hydrogen (secondary N) is 1. The highest BCUT2D eigenvalue weighted by atomic mass is 16.6. The van der Waals surface area contributed by atoms with Crippen LogP contribution in [0.4, 0.5) is 17.5 Å². The topological polar surface area (TPSA) is 121 Å². The summed E-state index contributed by atoms with van der Waals surface area (Å²) in [6, 6.07) is 19.8. The van der Waals surface area contributed by atoms with Crippen LogP contribution in [0.2, 0.25) is 0 Å². The van der Waals surface area contributed by atoms with Gasteiger partial charge in [0.25, 0.3) is 5.56 Å². The van der Waals surface area contributed by atoms with Crippen LogP contribution in [0.3, 0.4) is 0 Å². The first-order valence-corrected chi connectivity index (χ1v) is 11.3. The molecule has 1 aliphatic rings. The molecule has 4 rings (SSSR count). The van der Waals surface area contributed by atoms with Crippen LogP contribution in [0.1, 0.15) is 22.8 Å². The molecular weight excluding hydrogens is 450 g/mol. The SMILES string of the molecule is CC(=O)n1c(N)nc2c(c1=O)NCN2COC(COCc1ccccc1)COCc1ccccc1. The zero-order chi connectivity index (χ0) is 24.6. The molecule has 3 N–H and O–H groups in total. The molecule has 0 saturated heterocycles. The maximum Gasteiger partial charge on any atom is 0.287 e. The fraction of sp³-hybridized carbons (Fsp3) is 0.320. The van der Waals surface area contributed by atoms with Gasteiger partial charge >= 0.3 is 0 Å². The van der Waals surface area contributed by atoms with Crippen molar-refractivity contribution in [1.29, 1.82) is 0 Å². The van der Waals surface area contributed by atoms with Gasteiger partial charge in [0.1, 0.15) is 18.5 Å². The zero-order valence-electron chi connectivity index (χ0n) is 19.6. The highest BCUT2D eigenvalue weighted by Gasteiger charge is 2.27. The minimum absolute atomic E-state index is 0.129. The second-order valence-electron chi connectivity index (χ2n) is 8.12. The first-order chi connectivity index (χ1) is 17.0. The van der Waals surface area contributed by atoms with Crippen LogP contribution < -0.4 is 21.5 Å². The number of hydrogen-bond acceptors (Lipinski definition) is 9. The summed E-state index contributed by atoms with van der Waals surface area (Å²) in [5.74, 6) is -0.312. The molecule has 0 fully saturated rings. The van der Waals surface area contributed by atoms with Crippen molar-refractivity contribution in [3.63, 3.8) is 0 Å². The van der Waals surface area contributed by atoms with E-state index < -0.39 is 11.5 Å². The Bertz CT molecular complexity index is 1140. The Labute approximate surface area is 203 Å². The summed E-state index contributed by atoms with van der Waals surface area (Å²) in [7, 11) is 0. The van der Waals surface area contributed by atoms with Crippen molar-refractivity contribution in [2.45, 2.75) is 26.2 Å². The summed E-state index contributed by atoms with van der Waals surface area (Å²) < 4.78 is 18.7. The van der Waals surface area contributed by atoms with Gasteiger partial charge in [0, 0.05) is 6.92 Å². The molecule has 0 spiro atoms. The Balaban J connectivity index is 1.38. The molecule has 2 heterocycles. The van der Waals surface area contributed by atoms with Crippen LogP contribution in [0.5, 0.6) is 0 Å². The molecule has 0 bridgehead atoms. The summed E-state index contributed by atoms with van der Waals surface area (Å²) in [6.07, 6.45) is -0.360. The predicted molar refractivity (Wildman–Crippen MR) is 132 cm³/mol. The molecule has 0 unspecified atom stereocenters. The van der Waals surface area contributed by atoms with Gasteiger partial charge in [0.15, 0.2) is 5.82 Å². The van der Waals surface area contributed by atoms with Crippen LogP contribution in [-0.4, -0.2) is 48.2 Å². The second-order valence-corrected chi connectivity index (χ2v) is 8.12.